The van der Waals surface area contributed by atoms with Gasteiger partial charge < -0.3 is 0 Å². The smallest absolute Gasteiger partial charge is 0.148 e. The summed E-state index contributed by atoms with van der Waals surface area (Å²) in [7, 11) is 4.78. The first kappa shape index (κ1) is 6.00. The van der Waals surface area contributed by atoms with Gasteiger partial charge in [-0.15, -0.1) is 0 Å². The van der Waals surface area contributed by atoms with Crippen LogP contribution in [0, 0.1) is 0 Å². The molecule has 0 aliphatic rings. The molecule has 1 rings (SSSR count). The van der Waals surface area contributed by atoms with Crippen LogP contribution >= 0.6 is 18.5 Å². The Hall–Kier alpha value is -0.130. The molecule has 1 aromatic heterocycles. The summed E-state index contributed by atoms with van der Waals surface area (Å²) < 4.78 is 0. The average molecular weight is 145 g/mol. The van der Waals surface area contributed by atoms with Crippen LogP contribution in [0.15, 0.2) is 6.33 Å². The Kier molecular flexibility index (Phi) is 1.82. The van der Waals surface area contributed by atoms with Crippen molar-refractivity contribution in [2.24, 2.45) is 0 Å². The molecule has 3 nitrogen and oxygen atoms in total. The summed E-state index contributed by atoms with van der Waals surface area (Å²) >= 11 is 0. The van der Waals surface area contributed by atoms with Crippen molar-refractivity contribution in [3.8, 4) is 0 Å². The summed E-state index contributed by atoms with van der Waals surface area (Å²) in [6, 6.07) is 0. The highest BCUT2D eigenvalue weighted by Gasteiger charge is 1.85. The fraction of sp³-hybridized carbons (Fsp3) is 0. The highest BCUT2D eigenvalue weighted by Crippen LogP contribution is 1.76. The van der Waals surface area contributed by atoms with Crippen LogP contribution in [-0.2, 0) is 0 Å². The second-order valence-corrected chi connectivity index (χ2v) is 2.23. The molecule has 0 N–H and O–H groups in total. The van der Waals surface area contributed by atoms with E-state index in [0.717, 1.165) is 0 Å². The van der Waals surface area contributed by atoms with Crippen molar-refractivity contribution in [1.29, 1.82) is 0 Å². The van der Waals surface area contributed by atoms with Gasteiger partial charge in [0.2, 0.25) is 0 Å². The molecule has 0 fully saturated rings. The van der Waals surface area contributed by atoms with Gasteiger partial charge in [-0.05, 0) is 0 Å². The molecule has 2 atom stereocenters. The van der Waals surface area contributed by atoms with Crippen LogP contribution < -0.4 is 11.1 Å². The fourth-order valence-corrected chi connectivity index (χ4v) is 0.869. The average Bonchev–Trinajstić information content (AvgIpc) is 1.64. The van der Waals surface area contributed by atoms with Gasteiger partial charge in [-0.1, -0.05) is 18.5 Å². The second-order valence-electron chi connectivity index (χ2n) is 1.20. The molecule has 0 amide bonds. The zero-order valence-electron chi connectivity index (χ0n) is 4.07. The molecule has 2 unspecified atom stereocenters. The third-order valence-electron chi connectivity index (χ3n) is 0.609. The fourth-order valence-electron chi connectivity index (χ4n) is 0.322. The van der Waals surface area contributed by atoms with Gasteiger partial charge in [0.15, 0.2) is 0 Å². The number of hydrogen-bond donors (Lipinski definition) is 0. The van der Waals surface area contributed by atoms with Crippen molar-refractivity contribution in [3.63, 3.8) is 0 Å². The predicted octanol–water partition coefficient (Wildman–Crippen LogP) is -1.13. The van der Waals surface area contributed by atoms with E-state index in [-0.39, 0.29) is 0 Å². The van der Waals surface area contributed by atoms with Crippen LogP contribution in [0.5, 0.6) is 0 Å². The van der Waals surface area contributed by atoms with Crippen molar-refractivity contribution in [1.82, 2.24) is 15.0 Å². The van der Waals surface area contributed by atoms with Crippen LogP contribution in [-0.4, -0.2) is 15.0 Å². The van der Waals surface area contributed by atoms with Crippen molar-refractivity contribution in [2.75, 3.05) is 0 Å². The highest BCUT2D eigenvalue weighted by atomic mass is 31.0. The lowest BCUT2D eigenvalue weighted by atomic mass is 11.1. The summed E-state index contributed by atoms with van der Waals surface area (Å²) in [6.45, 7) is 0. The van der Waals surface area contributed by atoms with E-state index in [9.17, 15) is 0 Å². The Bertz CT molecular complexity index is 172. The molecule has 0 aliphatic carbocycles. The number of hydrogen-bond acceptors (Lipinski definition) is 3. The second kappa shape index (κ2) is 2.43. The zero-order chi connectivity index (χ0) is 5.98. The van der Waals surface area contributed by atoms with Crippen LogP contribution in [0.1, 0.15) is 0 Å². The highest BCUT2D eigenvalue weighted by molar-refractivity contribution is 7.28. The van der Waals surface area contributed by atoms with E-state index in [0.29, 0.717) is 11.1 Å². The zero-order valence-corrected chi connectivity index (χ0v) is 6.38. The molecule has 0 spiro atoms. The molecule has 8 heavy (non-hydrogen) atoms. The maximum Gasteiger partial charge on any atom is 0.148 e. The predicted molar refractivity (Wildman–Crippen MR) is 38.5 cm³/mol. The monoisotopic (exact) mass is 145 g/mol. The van der Waals surface area contributed by atoms with Gasteiger partial charge >= 0.3 is 0 Å². The Balaban J connectivity index is 3.08. The summed E-state index contributed by atoms with van der Waals surface area (Å²) in [5.41, 5.74) is 1.34. The van der Waals surface area contributed by atoms with E-state index in [4.69, 9.17) is 0 Å². The molecule has 0 bridgehead atoms. The van der Waals surface area contributed by atoms with E-state index in [2.05, 4.69) is 33.4 Å². The molecule has 0 aliphatic heterocycles. The van der Waals surface area contributed by atoms with Crippen LogP contribution in [0.4, 0.5) is 0 Å². The van der Waals surface area contributed by atoms with Gasteiger partial charge in [0.1, 0.15) is 17.5 Å². The summed E-state index contributed by atoms with van der Waals surface area (Å²) in [4.78, 5) is 11.4. The topological polar surface area (TPSA) is 38.7 Å². The number of aromatic nitrogens is 3. The van der Waals surface area contributed by atoms with E-state index in [1.807, 2.05) is 0 Å². The molecule has 5 heteroatoms. The van der Waals surface area contributed by atoms with E-state index >= 15 is 0 Å². The van der Waals surface area contributed by atoms with Gasteiger partial charge in [-0.25, -0.2) is 15.0 Å². The lowest BCUT2D eigenvalue weighted by molar-refractivity contribution is 1.14. The first-order chi connectivity index (χ1) is 3.79. The van der Waals surface area contributed by atoms with E-state index < -0.39 is 0 Å². The van der Waals surface area contributed by atoms with Crippen molar-refractivity contribution in [2.45, 2.75) is 0 Å². The molecule has 42 valence electrons. The lowest BCUT2D eigenvalue weighted by Crippen LogP contribution is -2.14. The van der Waals surface area contributed by atoms with Gasteiger partial charge in [0.05, 0.1) is 0 Å². The molecule has 1 heterocycles. The van der Waals surface area contributed by atoms with Crippen LogP contribution in [0.2, 0.25) is 0 Å². The van der Waals surface area contributed by atoms with Gasteiger partial charge in [0, 0.05) is 0 Å². The summed E-state index contributed by atoms with van der Waals surface area (Å²) in [6.07, 6.45) is 1.47. The minimum Gasteiger partial charge on any atom is -0.218 e. The first-order valence-electron chi connectivity index (χ1n) is 1.99. The van der Waals surface area contributed by atoms with Crippen LogP contribution in [0.25, 0.3) is 0 Å². The third-order valence-corrected chi connectivity index (χ3v) is 1.17. The standard InChI is InChI=1S/C3H5N3P2/c7-2-4-1-5-3(8)6-2/h1H,7-8H2. The minimum atomic E-state index is 0.671. The van der Waals surface area contributed by atoms with E-state index in [1.54, 1.807) is 0 Å². The molecule has 0 saturated carbocycles. The molecular formula is C3H5N3P2. The van der Waals surface area contributed by atoms with Crippen molar-refractivity contribution >= 4 is 29.6 Å². The normalized spacial score (nSPS) is 9.25. The van der Waals surface area contributed by atoms with Gasteiger partial charge in [0.25, 0.3) is 0 Å². The largest absolute Gasteiger partial charge is 0.218 e. The van der Waals surface area contributed by atoms with Crippen molar-refractivity contribution < 1.29 is 0 Å². The Morgan fingerprint density at radius 3 is 1.88 bits per heavy atom. The maximum atomic E-state index is 3.88. The lowest BCUT2D eigenvalue weighted by Gasteiger charge is -1.88. The SMILES string of the molecule is Pc1ncnc(P)n1. The molecule has 1 aromatic rings. The van der Waals surface area contributed by atoms with Gasteiger partial charge in [-0.2, -0.15) is 0 Å². The molecule has 0 radical (unpaired) electrons. The molecule has 0 aromatic carbocycles. The Labute approximate surface area is 51.8 Å². The molecule has 0 saturated heterocycles. The quantitative estimate of drug-likeness (QED) is 0.433. The Morgan fingerprint density at radius 2 is 1.62 bits per heavy atom. The number of nitrogens with zero attached hydrogens (tertiary/aromatic N) is 3. The van der Waals surface area contributed by atoms with Crippen molar-refractivity contribution in [3.05, 3.63) is 6.33 Å². The maximum absolute atomic E-state index is 3.88. The Morgan fingerprint density at radius 1 is 1.12 bits per heavy atom. The van der Waals surface area contributed by atoms with Crippen LogP contribution in [0.3, 0.4) is 0 Å². The number of rotatable bonds is 0. The molecular weight excluding hydrogens is 140 g/mol. The summed E-state index contributed by atoms with van der Waals surface area (Å²) in [5.74, 6) is 0. The third kappa shape index (κ3) is 1.43. The van der Waals surface area contributed by atoms with Gasteiger partial charge in [-0.3, -0.25) is 0 Å². The summed E-state index contributed by atoms with van der Waals surface area (Å²) in [5, 5.41) is 0. The van der Waals surface area contributed by atoms with E-state index in [1.165, 1.54) is 6.33 Å². The first-order valence-corrected chi connectivity index (χ1v) is 3.14. The minimum absolute atomic E-state index is 0.671.